The second-order valence-electron chi connectivity index (χ2n) is 6.91. The molecule has 0 saturated heterocycles. The molecule has 114 valence electrons. The van der Waals surface area contributed by atoms with Crippen LogP contribution in [0, 0.1) is 5.92 Å². The zero-order chi connectivity index (χ0) is 15.9. The van der Waals surface area contributed by atoms with Gasteiger partial charge in [0.1, 0.15) is 11.5 Å². The predicted molar refractivity (Wildman–Crippen MR) is 92.9 cm³/mol. The van der Waals surface area contributed by atoms with Gasteiger partial charge in [-0.2, -0.15) is 9.15 Å². The Kier molecular flexibility index (Phi) is 1.37. The average molecular weight is 323 g/mol. The zero-order valence-electron chi connectivity index (χ0n) is 12.8. The largest absolute Gasteiger partial charge is 0.321 e. The highest BCUT2D eigenvalue weighted by Gasteiger charge is 2.70. The van der Waals surface area contributed by atoms with Gasteiger partial charge in [0.15, 0.2) is 5.92 Å². The standard InChI is InChI=1S/C18H9N7/c1-2-10-17-9(1)19-11-3-5-13-21-15-7-8-16-22-14-6-4-12(20-10)24(14)18(17,23(11)13)25(15)16/h1-8,17H/q+2. The van der Waals surface area contributed by atoms with E-state index in [1.54, 1.807) is 0 Å². The van der Waals surface area contributed by atoms with Gasteiger partial charge in [0.2, 0.25) is 5.82 Å². The van der Waals surface area contributed by atoms with Gasteiger partial charge < -0.3 is 0 Å². The van der Waals surface area contributed by atoms with Crippen LogP contribution in [0.4, 0.5) is 11.6 Å². The maximum absolute atomic E-state index is 4.90. The van der Waals surface area contributed by atoms with Crippen LogP contribution in [0.5, 0.6) is 0 Å². The lowest BCUT2D eigenvalue weighted by atomic mass is 9.88. The van der Waals surface area contributed by atoms with Crippen LogP contribution in [0.1, 0.15) is 0 Å². The molecule has 7 heterocycles. The van der Waals surface area contributed by atoms with E-state index in [0.29, 0.717) is 0 Å². The molecule has 1 aliphatic carbocycles. The Hall–Kier alpha value is -3.48. The summed E-state index contributed by atoms with van der Waals surface area (Å²) in [7, 11) is 0. The molecule has 7 nitrogen and oxygen atoms in total. The lowest BCUT2D eigenvalue weighted by Crippen LogP contribution is -2.69. The third kappa shape index (κ3) is 0.898. The second kappa shape index (κ2) is 3.06. The van der Waals surface area contributed by atoms with Crippen molar-refractivity contribution in [2.24, 2.45) is 25.9 Å². The van der Waals surface area contributed by atoms with Crippen LogP contribution in [0.3, 0.4) is 0 Å². The molecule has 8 rings (SSSR count). The van der Waals surface area contributed by atoms with Gasteiger partial charge in [0.05, 0.1) is 5.71 Å². The fraction of sp³-hybridized carbons (Fsp3) is 0.111. The van der Waals surface area contributed by atoms with Crippen LogP contribution in [-0.2, 0) is 5.79 Å². The summed E-state index contributed by atoms with van der Waals surface area (Å²) in [6, 6.07) is 4.10. The van der Waals surface area contributed by atoms with E-state index in [1.165, 1.54) is 0 Å². The lowest BCUT2D eigenvalue weighted by Gasteiger charge is -2.45. The summed E-state index contributed by atoms with van der Waals surface area (Å²) in [5.41, 5.74) is 2.10. The molecule has 0 amide bonds. The van der Waals surface area contributed by atoms with Crippen molar-refractivity contribution in [3.05, 3.63) is 48.6 Å². The lowest BCUT2D eigenvalue weighted by molar-refractivity contribution is -0.785. The van der Waals surface area contributed by atoms with Crippen molar-refractivity contribution in [1.29, 1.82) is 0 Å². The number of amidine groups is 4. The first kappa shape index (κ1) is 11.1. The van der Waals surface area contributed by atoms with E-state index in [2.05, 4.69) is 62.3 Å². The molecule has 1 aromatic heterocycles. The summed E-state index contributed by atoms with van der Waals surface area (Å²) < 4.78 is 6.75. The van der Waals surface area contributed by atoms with Gasteiger partial charge in [-0.05, 0) is 18.2 Å². The van der Waals surface area contributed by atoms with Crippen LogP contribution >= 0.6 is 0 Å². The molecule has 6 aliphatic heterocycles. The minimum Gasteiger partial charge on any atom is -0.234 e. The molecule has 0 N–H and O–H groups in total. The highest BCUT2D eigenvalue weighted by molar-refractivity contribution is 6.29. The molecule has 0 saturated carbocycles. The Bertz CT molecular complexity index is 1280. The van der Waals surface area contributed by atoms with Gasteiger partial charge in [0, 0.05) is 30.4 Å². The molecule has 0 aromatic carbocycles. The number of hydrogen-bond donors (Lipinski definition) is 0. The molecule has 1 spiro atoms. The summed E-state index contributed by atoms with van der Waals surface area (Å²) in [5, 5.41) is 0. The van der Waals surface area contributed by atoms with Gasteiger partial charge in [-0.3, -0.25) is 0 Å². The van der Waals surface area contributed by atoms with Crippen molar-refractivity contribution in [1.82, 2.24) is 4.57 Å². The fourth-order valence-electron chi connectivity index (χ4n) is 5.08. The average Bonchev–Trinajstić information content (AvgIpc) is 3.38. The molecule has 2 unspecified atom stereocenters. The van der Waals surface area contributed by atoms with E-state index in [9.17, 15) is 0 Å². The van der Waals surface area contributed by atoms with E-state index in [-0.39, 0.29) is 5.92 Å². The van der Waals surface area contributed by atoms with Crippen molar-refractivity contribution in [2.75, 3.05) is 0 Å². The molecular weight excluding hydrogens is 314 g/mol. The van der Waals surface area contributed by atoms with Crippen molar-refractivity contribution >= 4 is 46.4 Å². The topological polar surface area (TPSA) is 60.4 Å². The van der Waals surface area contributed by atoms with E-state index in [4.69, 9.17) is 20.0 Å². The first-order valence-electron chi connectivity index (χ1n) is 8.31. The summed E-state index contributed by atoms with van der Waals surface area (Å²) in [4.78, 5) is 19.5. The Morgan fingerprint density at radius 2 is 1.36 bits per heavy atom. The highest BCUT2D eigenvalue weighted by Crippen LogP contribution is 2.51. The molecule has 2 atom stereocenters. The first-order valence-corrected chi connectivity index (χ1v) is 8.31. The predicted octanol–water partition coefficient (Wildman–Crippen LogP) is 1.24. The summed E-state index contributed by atoms with van der Waals surface area (Å²) in [6.07, 6.45) is 12.4. The molecule has 0 fully saturated rings. The number of allylic oxidation sites excluding steroid dienone is 2. The van der Waals surface area contributed by atoms with Crippen molar-refractivity contribution in [2.45, 2.75) is 5.79 Å². The van der Waals surface area contributed by atoms with Crippen LogP contribution in [-0.4, -0.2) is 48.5 Å². The number of aromatic nitrogens is 1. The Balaban J connectivity index is 1.69. The normalized spacial score (nSPS) is 32.7. The third-order valence-corrected chi connectivity index (χ3v) is 5.86. The van der Waals surface area contributed by atoms with Crippen LogP contribution in [0.2, 0.25) is 0 Å². The van der Waals surface area contributed by atoms with Gasteiger partial charge in [-0.1, -0.05) is 9.98 Å². The molecule has 0 bridgehead atoms. The minimum absolute atomic E-state index is 0.0284. The fourth-order valence-corrected chi connectivity index (χ4v) is 5.08. The maximum Gasteiger partial charge on any atom is 0.321 e. The van der Waals surface area contributed by atoms with Crippen molar-refractivity contribution < 1.29 is 9.15 Å². The van der Waals surface area contributed by atoms with Gasteiger partial charge in [0.25, 0.3) is 23.3 Å². The van der Waals surface area contributed by atoms with Crippen LogP contribution in [0.25, 0.3) is 0 Å². The van der Waals surface area contributed by atoms with E-state index in [0.717, 1.165) is 46.4 Å². The molecule has 25 heavy (non-hydrogen) atoms. The van der Waals surface area contributed by atoms with Crippen molar-refractivity contribution in [3.63, 3.8) is 0 Å². The first-order chi connectivity index (χ1) is 12.4. The van der Waals surface area contributed by atoms with E-state index >= 15 is 0 Å². The Labute approximate surface area is 141 Å². The second-order valence-corrected chi connectivity index (χ2v) is 6.91. The number of hydrogen-bond acceptors (Lipinski definition) is 4. The van der Waals surface area contributed by atoms with Gasteiger partial charge in [-0.15, -0.1) is 4.99 Å². The molecule has 7 aliphatic rings. The number of nitrogens with zero attached hydrogens (tertiary/aromatic N) is 7. The summed E-state index contributed by atoms with van der Waals surface area (Å²) in [6.45, 7) is 0. The van der Waals surface area contributed by atoms with Crippen LogP contribution in [0.15, 0.2) is 68.6 Å². The van der Waals surface area contributed by atoms with Crippen LogP contribution < -0.4 is 0 Å². The zero-order valence-corrected chi connectivity index (χ0v) is 12.8. The Morgan fingerprint density at radius 3 is 2.16 bits per heavy atom. The number of rotatable bonds is 0. The smallest absolute Gasteiger partial charge is 0.234 e. The van der Waals surface area contributed by atoms with E-state index in [1.807, 2.05) is 0 Å². The maximum atomic E-state index is 4.90. The minimum atomic E-state index is -0.516. The molecule has 7 heteroatoms. The Morgan fingerprint density at radius 1 is 0.720 bits per heavy atom. The number of aliphatic imine (C=N–C) groups is 4. The quantitative estimate of drug-likeness (QED) is 0.645. The molecule has 1 aromatic rings. The molecular formula is C18H9N7+2. The van der Waals surface area contributed by atoms with Gasteiger partial charge >= 0.3 is 5.79 Å². The van der Waals surface area contributed by atoms with Crippen molar-refractivity contribution in [3.8, 4) is 0 Å². The SMILES string of the molecule is C1=CC2=Nc3ccc4n3C35C2C1=NC1=[N+]3C(=NC2=[N+]5C(=N4)C=C2)C=C1. The van der Waals surface area contributed by atoms with Gasteiger partial charge in [-0.25, -0.2) is 9.56 Å². The highest BCUT2D eigenvalue weighted by atomic mass is 15.6. The monoisotopic (exact) mass is 323 g/mol. The van der Waals surface area contributed by atoms with E-state index < -0.39 is 5.79 Å². The summed E-state index contributed by atoms with van der Waals surface area (Å²) >= 11 is 0. The molecule has 0 radical (unpaired) electrons. The third-order valence-electron chi connectivity index (χ3n) is 5.86. The summed E-state index contributed by atoms with van der Waals surface area (Å²) in [5.74, 6) is 5.07.